The first kappa shape index (κ1) is 11.1. The van der Waals surface area contributed by atoms with E-state index in [1.54, 1.807) is 0 Å². The molecule has 0 heterocycles. The smallest absolute Gasteiger partial charge is 0.0568 e. The first-order valence-electron chi connectivity index (χ1n) is 6.10. The average Bonchev–Trinajstić information content (AvgIpc) is 2.21. The molecule has 1 fully saturated rings. The van der Waals surface area contributed by atoms with Crippen LogP contribution in [0, 0.1) is 5.92 Å². The predicted molar refractivity (Wildman–Crippen MR) is 70.5 cm³/mol. The van der Waals surface area contributed by atoms with Crippen LogP contribution in [-0.2, 0) is 0 Å². The van der Waals surface area contributed by atoms with Crippen molar-refractivity contribution in [2.45, 2.75) is 26.2 Å². The van der Waals surface area contributed by atoms with Gasteiger partial charge in [-0.2, -0.15) is 0 Å². The van der Waals surface area contributed by atoms with Gasteiger partial charge in [-0.25, -0.2) is 0 Å². The Morgan fingerprint density at radius 1 is 1.25 bits per heavy atom. The molecule has 88 valence electrons. The summed E-state index contributed by atoms with van der Waals surface area (Å²) in [7, 11) is 0. The van der Waals surface area contributed by atoms with Crippen LogP contribution >= 0.6 is 0 Å². The van der Waals surface area contributed by atoms with Crippen LogP contribution in [0.5, 0.6) is 0 Å². The molecule has 4 N–H and O–H groups in total. The molecule has 1 saturated carbocycles. The van der Waals surface area contributed by atoms with Gasteiger partial charge in [0.1, 0.15) is 0 Å². The van der Waals surface area contributed by atoms with E-state index in [-0.39, 0.29) is 0 Å². The maximum Gasteiger partial charge on any atom is 0.0568 e. The molecule has 1 aromatic rings. The molecule has 0 spiro atoms. The van der Waals surface area contributed by atoms with Gasteiger partial charge in [0.25, 0.3) is 0 Å². The molecular formula is C13H21N3. The number of nitrogens with zero attached hydrogens (tertiary/aromatic N) is 1. The Morgan fingerprint density at radius 3 is 2.50 bits per heavy atom. The van der Waals surface area contributed by atoms with Gasteiger partial charge in [-0.05, 0) is 43.9 Å². The minimum atomic E-state index is 0.670. The van der Waals surface area contributed by atoms with Gasteiger partial charge in [0.15, 0.2) is 0 Å². The average molecular weight is 219 g/mol. The molecular weight excluding hydrogens is 198 g/mol. The van der Waals surface area contributed by atoms with E-state index in [1.165, 1.54) is 24.9 Å². The van der Waals surface area contributed by atoms with E-state index < -0.39 is 0 Å². The number of hydrogen-bond donors (Lipinski definition) is 2. The van der Waals surface area contributed by atoms with E-state index in [0.29, 0.717) is 11.4 Å². The first-order valence-corrected chi connectivity index (χ1v) is 6.10. The Balaban J connectivity index is 2.09. The second-order valence-corrected chi connectivity index (χ2v) is 4.65. The van der Waals surface area contributed by atoms with E-state index in [2.05, 4.69) is 17.9 Å². The van der Waals surface area contributed by atoms with Gasteiger partial charge in [-0.15, -0.1) is 0 Å². The zero-order valence-electron chi connectivity index (χ0n) is 9.95. The van der Waals surface area contributed by atoms with E-state index in [1.807, 2.05) is 12.1 Å². The zero-order chi connectivity index (χ0) is 11.5. The van der Waals surface area contributed by atoms with Gasteiger partial charge in [0, 0.05) is 18.8 Å². The summed E-state index contributed by atoms with van der Waals surface area (Å²) in [5, 5.41) is 0. The summed E-state index contributed by atoms with van der Waals surface area (Å²) in [5.74, 6) is 0.874. The number of benzene rings is 1. The molecule has 0 saturated heterocycles. The van der Waals surface area contributed by atoms with Crippen LogP contribution in [0.15, 0.2) is 18.2 Å². The molecule has 3 nitrogen and oxygen atoms in total. The van der Waals surface area contributed by atoms with Gasteiger partial charge in [-0.1, -0.05) is 6.42 Å². The zero-order valence-corrected chi connectivity index (χ0v) is 9.95. The van der Waals surface area contributed by atoms with Crippen molar-refractivity contribution in [3.05, 3.63) is 18.2 Å². The lowest BCUT2D eigenvalue weighted by molar-refractivity contribution is 0.318. The molecule has 16 heavy (non-hydrogen) atoms. The van der Waals surface area contributed by atoms with Crippen LogP contribution in [0.25, 0.3) is 0 Å². The van der Waals surface area contributed by atoms with Crippen molar-refractivity contribution in [3.8, 4) is 0 Å². The van der Waals surface area contributed by atoms with Crippen molar-refractivity contribution in [2.75, 3.05) is 29.5 Å². The lowest BCUT2D eigenvalue weighted by Crippen LogP contribution is -2.32. The van der Waals surface area contributed by atoms with Gasteiger partial charge in [-0.3, -0.25) is 0 Å². The third-order valence-electron chi connectivity index (χ3n) is 3.52. The highest BCUT2D eigenvalue weighted by molar-refractivity contribution is 5.69. The molecule has 3 heteroatoms. The van der Waals surface area contributed by atoms with Crippen LogP contribution in [-0.4, -0.2) is 13.1 Å². The topological polar surface area (TPSA) is 55.3 Å². The molecule has 1 aliphatic rings. The molecule has 0 amide bonds. The fourth-order valence-corrected chi connectivity index (χ4v) is 2.16. The number of rotatable bonds is 4. The maximum atomic E-state index is 5.84. The Labute approximate surface area is 97.4 Å². The van der Waals surface area contributed by atoms with Crippen molar-refractivity contribution >= 4 is 17.1 Å². The normalized spacial score (nSPS) is 15.8. The Kier molecular flexibility index (Phi) is 3.22. The molecule has 0 aliphatic heterocycles. The fourth-order valence-electron chi connectivity index (χ4n) is 2.16. The van der Waals surface area contributed by atoms with Gasteiger partial charge < -0.3 is 16.4 Å². The monoisotopic (exact) mass is 219 g/mol. The van der Waals surface area contributed by atoms with E-state index >= 15 is 0 Å². The van der Waals surface area contributed by atoms with Crippen molar-refractivity contribution in [3.63, 3.8) is 0 Å². The SMILES string of the molecule is CCN(CC1CCC1)c1ccc(N)c(N)c1. The third-order valence-corrected chi connectivity index (χ3v) is 3.52. The third kappa shape index (κ3) is 2.23. The molecule has 0 atom stereocenters. The first-order chi connectivity index (χ1) is 7.70. The van der Waals surface area contributed by atoms with E-state index in [4.69, 9.17) is 11.5 Å². The molecule has 0 unspecified atom stereocenters. The van der Waals surface area contributed by atoms with Crippen LogP contribution in [0.3, 0.4) is 0 Å². The molecule has 0 radical (unpaired) electrons. The second-order valence-electron chi connectivity index (χ2n) is 4.65. The minimum absolute atomic E-state index is 0.670. The highest BCUT2D eigenvalue weighted by Gasteiger charge is 2.20. The quantitative estimate of drug-likeness (QED) is 0.765. The second kappa shape index (κ2) is 4.64. The standard InChI is InChI=1S/C13H21N3/c1-2-16(9-10-4-3-5-10)11-6-7-12(14)13(15)8-11/h6-8,10H,2-5,9,14-15H2,1H3. The summed E-state index contributed by atoms with van der Waals surface area (Å²) in [5.41, 5.74) is 14.1. The highest BCUT2D eigenvalue weighted by atomic mass is 15.1. The highest BCUT2D eigenvalue weighted by Crippen LogP contribution is 2.30. The summed E-state index contributed by atoms with van der Waals surface area (Å²) in [6, 6.07) is 5.94. The molecule has 0 bridgehead atoms. The Morgan fingerprint density at radius 2 is 2.00 bits per heavy atom. The predicted octanol–water partition coefficient (Wildman–Crippen LogP) is 2.48. The summed E-state index contributed by atoms with van der Waals surface area (Å²) in [4.78, 5) is 2.39. The van der Waals surface area contributed by atoms with Crippen molar-refractivity contribution < 1.29 is 0 Å². The minimum Gasteiger partial charge on any atom is -0.397 e. The van der Waals surface area contributed by atoms with Gasteiger partial charge in [0.05, 0.1) is 11.4 Å². The largest absolute Gasteiger partial charge is 0.397 e. The summed E-state index contributed by atoms with van der Waals surface area (Å²) in [6.07, 6.45) is 4.15. The van der Waals surface area contributed by atoms with Crippen LogP contribution in [0.4, 0.5) is 17.1 Å². The lowest BCUT2D eigenvalue weighted by Gasteiger charge is -2.33. The molecule has 1 aromatic carbocycles. The Bertz CT molecular complexity index is 358. The molecule has 1 aliphatic carbocycles. The number of hydrogen-bond acceptors (Lipinski definition) is 3. The van der Waals surface area contributed by atoms with Crippen molar-refractivity contribution in [1.82, 2.24) is 0 Å². The molecule has 0 aromatic heterocycles. The van der Waals surface area contributed by atoms with Crippen LogP contribution in [0.1, 0.15) is 26.2 Å². The van der Waals surface area contributed by atoms with E-state index in [0.717, 1.165) is 19.0 Å². The van der Waals surface area contributed by atoms with Crippen LogP contribution < -0.4 is 16.4 Å². The maximum absolute atomic E-state index is 5.84. The number of anilines is 3. The van der Waals surface area contributed by atoms with Crippen molar-refractivity contribution in [2.24, 2.45) is 5.92 Å². The van der Waals surface area contributed by atoms with Crippen molar-refractivity contribution in [1.29, 1.82) is 0 Å². The van der Waals surface area contributed by atoms with E-state index in [9.17, 15) is 0 Å². The van der Waals surface area contributed by atoms with Crippen LogP contribution in [0.2, 0.25) is 0 Å². The lowest BCUT2D eigenvalue weighted by atomic mass is 9.85. The number of nitrogen functional groups attached to an aromatic ring is 2. The molecule has 2 rings (SSSR count). The van der Waals surface area contributed by atoms with Gasteiger partial charge >= 0.3 is 0 Å². The summed E-state index contributed by atoms with van der Waals surface area (Å²) in [6.45, 7) is 4.37. The summed E-state index contributed by atoms with van der Waals surface area (Å²) >= 11 is 0. The number of nitrogens with two attached hydrogens (primary N) is 2. The van der Waals surface area contributed by atoms with Gasteiger partial charge in [0.2, 0.25) is 0 Å². The summed E-state index contributed by atoms with van der Waals surface area (Å²) < 4.78 is 0. The fraction of sp³-hybridized carbons (Fsp3) is 0.538. The Hall–Kier alpha value is -1.38.